The molecule has 1 fully saturated rings. The van der Waals surface area contributed by atoms with Crippen LogP contribution in [-0.2, 0) is 10.0 Å². The molecule has 2 aromatic carbocycles. The van der Waals surface area contributed by atoms with E-state index in [2.05, 4.69) is 15.1 Å². The molecule has 0 unspecified atom stereocenters. The number of hydrogen-bond acceptors (Lipinski definition) is 5. The highest BCUT2D eigenvalue weighted by molar-refractivity contribution is 7.89. The summed E-state index contributed by atoms with van der Waals surface area (Å²) in [6.07, 6.45) is 0. The van der Waals surface area contributed by atoms with Gasteiger partial charge in [-0.1, -0.05) is 0 Å². The standard InChI is InChI=1S/C23H31FN4O3S/c1-18(2)26(3)32(30,31)22-10-4-19(5-11-22)23(29)25-12-13-27-14-16-28(17-15-27)21-8-6-20(24)7-9-21/h4-11,18H,12-17H2,1-3H3,(H,25,29). The van der Waals surface area contributed by atoms with Gasteiger partial charge >= 0.3 is 0 Å². The van der Waals surface area contributed by atoms with Gasteiger partial charge in [-0.15, -0.1) is 0 Å². The maximum absolute atomic E-state index is 13.1. The average Bonchev–Trinajstić information content (AvgIpc) is 2.79. The van der Waals surface area contributed by atoms with Crippen molar-refractivity contribution >= 4 is 21.6 Å². The quantitative estimate of drug-likeness (QED) is 0.652. The van der Waals surface area contributed by atoms with Gasteiger partial charge < -0.3 is 10.2 Å². The van der Waals surface area contributed by atoms with Crippen molar-refractivity contribution < 1.29 is 17.6 Å². The van der Waals surface area contributed by atoms with Crippen molar-refractivity contribution in [1.29, 1.82) is 0 Å². The third-order valence-electron chi connectivity index (χ3n) is 5.80. The lowest BCUT2D eigenvalue weighted by Crippen LogP contribution is -2.48. The fraction of sp³-hybridized carbons (Fsp3) is 0.435. The number of amides is 1. The van der Waals surface area contributed by atoms with Crippen LogP contribution in [0.2, 0.25) is 0 Å². The van der Waals surface area contributed by atoms with E-state index in [0.717, 1.165) is 38.4 Å². The van der Waals surface area contributed by atoms with Crippen LogP contribution in [0.3, 0.4) is 0 Å². The third-order valence-corrected chi connectivity index (χ3v) is 7.85. The first-order chi connectivity index (χ1) is 15.2. The SMILES string of the molecule is CC(C)N(C)S(=O)(=O)c1ccc(C(=O)NCCN2CCN(c3ccc(F)cc3)CC2)cc1. The van der Waals surface area contributed by atoms with Crippen LogP contribution < -0.4 is 10.2 Å². The Morgan fingerprint density at radius 1 is 1.03 bits per heavy atom. The Bertz CT molecular complexity index is 1000. The van der Waals surface area contributed by atoms with E-state index in [1.165, 1.54) is 40.7 Å². The topological polar surface area (TPSA) is 73.0 Å². The van der Waals surface area contributed by atoms with Crippen molar-refractivity contribution in [1.82, 2.24) is 14.5 Å². The monoisotopic (exact) mass is 462 g/mol. The Kier molecular flexibility index (Phi) is 7.86. The number of benzene rings is 2. The summed E-state index contributed by atoms with van der Waals surface area (Å²) >= 11 is 0. The second-order valence-corrected chi connectivity index (χ2v) is 10.2. The molecule has 1 saturated heterocycles. The number of rotatable bonds is 8. The molecule has 1 amide bonds. The normalized spacial score (nSPS) is 15.4. The number of hydrogen-bond donors (Lipinski definition) is 1. The summed E-state index contributed by atoms with van der Waals surface area (Å²) in [6.45, 7) is 8.28. The van der Waals surface area contributed by atoms with Crippen LogP contribution >= 0.6 is 0 Å². The molecule has 0 aliphatic carbocycles. The molecule has 3 rings (SSSR count). The summed E-state index contributed by atoms with van der Waals surface area (Å²) in [5, 5.41) is 2.90. The van der Waals surface area contributed by atoms with Crippen molar-refractivity contribution in [3.8, 4) is 0 Å². The minimum absolute atomic E-state index is 0.152. The van der Waals surface area contributed by atoms with Gasteiger partial charge in [0, 0.05) is 63.6 Å². The molecule has 0 spiro atoms. The zero-order valence-electron chi connectivity index (χ0n) is 18.8. The van der Waals surface area contributed by atoms with Gasteiger partial charge in [-0.2, -0.15) is 4.31 Å². The smallest absolute Gasteiger partial charge is 0.251 e. The van der Waals surface area contributed by atoms with E-state index >= 15 is 0 Å². The van der Waals surface area contributed by atoms with Crippen LogP contribution in [0.1, 0.15) is 24.2 Å². The van der Waals surface area contributed by atoms with E-state index < -0.39 is 10.0 Å². The molecule has 1 N–H and O–H groups in total. The largest absolute Gasteiger partial charge is 0.369 e. The number of halogens is 1. The number of carbonyl (C=O) groups excluding carboxylic acids is 1. The highest BCUT2D eigenvalue weighted by Gasteiger charge is 2.23. The number of nitrogens with one attached hydrogen (secondary N) is 1. The molecule has 174 valence electrons. The van der Waals surface area contributed by atoms with Crippen LogP contribution in [0.4, 0.5) is 10.1 Å². The molecule has 0 atom stereocenters. The van der Waals surface area contributed by atoms with Gasteiger partial charge in [-0.05, 0) is 62.4 Å². The second kappa shape index (κ2) is 10.4. The summed E-state index contributed by atoms with van der Waals surface area (Å²) in [5.74, 6) is -0.460. The first-order valence-electron chi connectivity index (χ1n) is 10.8. The lowest BCUT2D eigenvalue weighted by atomic mass is 10.2. The molecular formula is C23H31FN4O3S. The van der Waals surface area contributed by atoms with Gasteiger partial charge in [0.1, 0.15) is 5.82 Å². The van der Waals surface area contributed by atoms with E-state index in [1.807, 2.05) is 13.8 Å². The summed E-state index contributed by atoms with van der Waals surface area (Å²) in [4.78, 5) is 17.1. The summed E-state index contributed by atoms with van der Waals surface area (Å²) in [7, 11) is -2.02. The molecule has 1 aliphatic heterocycles. The van der Waals surface area contributed by atoms with Gasteiger partial charge in [0.15, 0.2) is 0 Å². The van der Waals surface area contributed by atoms with Crippen molar-refractivity contribution in [3.05, 3.63) is 59.9 Å². The molecular weight excluding hydrogens is 431 g/mol. The van der Waals surface area contributed by atoms with Crippen LogP contribution in [0, 0.1) is 5.82 Å². The van der Waals surface area contributed by atoms with E-state index in [0.29, 0.717) is 12.1 Å². The Balaban J connectivity index is 1.45. The number of piperazine rings is 1. The Hall–Kier alpha value is -2.49. The molecule has 1 heterocycles. The lowest BCUT2D eigenvalue weighted by molar-refractivity contribution is 0.0947. The fourth-order valence-electron chi connectivity index (χ4n) is 3.53. The van der Waals surface area contributed by atoms with Crippen LogP contribution in [-0.4, -0.2) is 75.9 Å². The lowest BCUT2D eigenvalue weighted by Gasteiger charge is -2.36. The van der Waals surface area contributed by atoms with Gasteiger partial charge in [-0.3, -0.25) is 9.69 Å². The maximum Gasteiger partial charge on any atom is 0.251 e. The molecule has 0 radical (unpaired) electrons. The van der Waals surface area contributed by atoms with E-state index in [4.69, 9.17) is 0 Å². The number of nitrogens with zero attached hydrogens (tertiary/aromatic N) is 3. The number of carbonyl (C=O) groups is 1. The number of anilines is 1. The van der Waals surface area contributed by atoms with Gasteiger partial charge in [-0.25, -0.2) is 12.8 Å². The Labute approximate surface area is 189 Å². The van der Waals surface area contributed by atoms with Gasteiger partial charge in [0.2, 0.25) is 10.0 Å². The molecule has 32 heavy (non-hydrogen) atoms. The summed E-state index contributed by atoms with van der Waals surface area (Å²) in [5.41, 5.74) is 1.45. The first kappa shape index (κ1) is 24.2. The molecule has 1 aliphatic rings. The van der Waals surface area contributed by atoms with Crippen LogP contribution in [0.15, 0.2) is 53.4 Å². The molecule has 0 bridgehead atoms. The van der Waals surface area contributed by atoms with Crippen molar-refractivity contribution in [2.45, 2.75) is 24.8 Å². The molecule has 7 nitrogen and oxygen atoms in total. The highest BCUT2D eigenvalue weighted by Crippen LogP contribution is 2.18. The van der Waals surface area contributed by atoms with Crippen LogP contribution in [0.5, 0.6) is 0 Å². The van der Waals surface area contributed by atoms with E-state index in [-0.39, 0.29) is 22.7 Å². The van der Waals surface area contributed by atoms with Crippen LogP contribution in [0.25, 0.3) is 0 Å². The van der Waals surface area contributed by atoms with Gasteiger partial charge in [0.05, 0.1) is 4.90 Å². The summed E-state index contributed by atoms with van der Waals surface area (Å²) < 4.78 is 39.4. The molecule has 0 saturated carbocycles. The van der Waals surface area contributed by atoms with Crippen molar-refractivity contribution in [2.75, 3.05) is 51.2 Å². The predicted octanol–water partition coefficient (Wildman–Crippen LogP) is 2.41. The number of sulfonamides is 1. The van der Waals surface area contributed by atoms with E-state index in [9.17, 15) is 17.6 Å². The molecule has 0 aromatic heterocycles. The van der Waals surface area contributed by atoms with Crippen molar-refractivity contribution in [3.63, 3.8) is 0 Å². The molecule has 2 aromatic rings. The second-order valence-electron chi connectivity index (χ2n) is 8.20. The zero-order valence-corrected chi connectivity index (χ0v) is 19.6. The predicted molar refractivity (Wildman–Crippen MR) is 124 cm³/mol. The zero-order chi connectivity index (χ0) is 23.3. The Morgan fingerprint density at radius 2 is 1.62 bits per heavy atom. The summed E-state index contributed by atoms with van der Waals surface area (Å²) in [6, 6.07) is 12.4. The third kappa shape index (κ3) is 5.85. The maximum atomic E-state index is 13.1. The molecule has 9 heteroatoms. The van der Waals surface area contributed by atoms with E-state index in [1.54, 1.807) is 19.2 Å². The van der Waals surface area contributed by atoms with Gasteiger partial charge in [0.25, 0.3) is 5.91 Å². The first-order valence-corrected chi connectivity index (χ1v) is 12.2. The Morgan fingerprint density at radius 3 is 2.19 bits per heavy atom. The minimum Gasteiger partial charge on any atom is -0.369 e. The van der Waals surface area contributed by atoms with Crippen molar-refractivity contribution in [2.24, 2.45) is 0 Å². The minimum atomic E-state index is -3.57. The average molecular weight is 463 g/mol. The fourth-order valence-corrected chi connectivity index (χ4v) is 4.90. The highest BCUT2D eigenvalue weighted by atomic mass is 32.2.